The Morgan fingerprint density at radius 3 is 2.33 bits per heavy atom. The molecular formula is C10H14O5. The second-order valence-electron chi connectivity index (χ2n) is 4.29. The van der Waals surface area contributed by atoms with E-state index in [-0.39, 0.29) is 18.6 Å². The van der Waals surface area contributed by atoms with E-state index in [9.17, 15) is 14.4 Å². The molecule has 5 nitrogen and oxygen atoms in total. The molecule has 0 aromatic carbocycles. The molecule has 0 saturated heterocycles. The van der Waals surface area contributed by atoms with E-state index in [2.05, 4.69) is 0 Å². The Balaban J connectivity index is 3.13. The number of hydrogen-bond donors (Lipinski definition) is 2. The van der Waals surface area contributed by atoms with Crippen molar-refractivity contribution in [2.75, 3.05) is 0 Å². The molecule has 0 amide bonds. The minimum Gasteiger partial charge on any atom is -0.481 e. The molecular weight excluding hydrogens is 200 g/mol. The van der Waals surface area contributed by atoms with Crippen LogP contribution in [0.1, 0.15) is 26.7 Å². The fourth-order valence-corrected chi connectivity index (χ4v) is 2.23. The van der Waals surface area contributed by atoms with Gasteiger partial charge >= 0.3 is 11.9 Å². The number of carbonyl (C=O) groups excluding carboxylic acids is 1. The van der Waals surface area contributed by atoms with E-state index < -0.39 is 29.2 Å². The highest BCUT2D eigenvalue weighted by Gasteiger charge is 2.52. The fourth-order valence-electron chi connectivity index (χ4n) is 2.23. The molecule has 5 heteroatoms. The molecule has 2 N–H and O–H groups in total. The lowest BCUT2D eigenvalue weighted by Crippen LogP contribution is -2.49. The van der Waals surface area contributed by atoms with E-state index in [1.165, 1.54) is 13.8 Å². The molecule has 1 fully saturated rings. The first-order chi connectivity index (χ1) is 6.80. The first kappa shape index (κ1) is 11.7. The fraction of sp³-hybridized carbons (Fsp3) is 0.700. The van der Waals surface area contributed by atoms with Crippen molar-refractivity contribution >= 4 is 17.7 Å². The summed E-state index contributed by atoms with van der Waals surface area (Å²) in [6, 6.07) is 0. The maximum Gasteiger partial charge on any atom is 0.310 e. The topological polar surface area (TPSA) is 91.7 Å². The lowest BCUT2D eigenvalue weighted by Gasteiger charge is -2.38. The van der Waals surface area contributed by atoms with Crippen LogP contribution in [0.2, 0.25) is 0 Å². The Hall–Kier alpha value is -1.39. The zero-order valence-corrected chi connectivity index (χ0v) is 8.69. The van der Waals surface area contributed by atoms with Gasteiger partial charge in [-0.3, -0.25) is 14.4 Å². The molecule has 0 aromatic heterocycles. The van der Waals surface area contributed by atoms with Crippen LogP contribution < -0.4 is 0 Å². The summed E-state index contributed by atoms with van der Waals surface area (Å²) < 4.78 is 0. The van der Waals surface area contributed by atoms with Crippen LogP contribution in [0.3, 0.4) is 0 Å². The van der Waals surface area contributed by atoms with Crippen LogP contribution in [0.15, 0.2) is 0 Å². The van der Waals surface area contributed by atoms with Crippen LogP contribution in [0.5, 0.6) is 0 Å². The van der Waals surface area contributed by atoms with Crippen molar-refractivity contribution in [3.63, 3.8) is 0 Å². The monoisotopic (exact) mass is 214 g/mol. The van der Waals surface area contributed by atoms with Gasteiger partial charge in [-0.2, -0.15) is 0 Å². The number of carbonyl (C=O) groups is 3. The highest BCUT2D eigenvalue weighted by Crippen LogP contribution is 2.43. The maximum absolute atomic E-state index is 11.4. The van der Waals surface area contributed by atoms with Gasteiger partial charge in [-0.15, -0.1) is 0 Å². The highest BCUT2D eigenvalue weighted by molar-refractivity contribution is 5.92. The van der Waals surface area contributed by atoms with Gasteiger partial charge in [0.2, 0.25) is 0 Å². The Kier molecular flexibility index (Phi) is 2.83. The Morgan fingerprint density at radius 2 is 1.93 bits per heavy atom. The number of aliphatic carboxylic acids is 2. The third-order valence-electron chi connectivity index (χ3n) is 3.34. The quantitative estimate of drug-likeness (QED) is 0.708. The Morgan fingerprint density at radius 1 is 1.40 bits per heavy atom. The second kappa shape index (κ2) is 3.64. The van der Waals surface area contributed by atoms with E-state index in [4.69, 9.17) is 10.2 Å². The molecule has 1 aliphatic rings. The smallest absolute Gasteiger partial charge is 0.310 e. The van der Waals surface area contributed by atoms with Gasteiger partial charge in [-0.25, -0.2) is 0 Å². The summed E-state index contributed by atoms with van der Waals surface area (Å²) in [4.78, 5) is 33.4. The largest absolute Gasteiger partial charge is 0.481 e. The summed E-state index contributed by atoms with van der Waals surface area (Å²) in [5, 5.41) is 18.0. The van der Waals surface area contributed by atoms with Gasteiger partial charge in [-0.1, -0.05) is 6.92 Å². The minimum absolute atomic E-state index is 0.0997. The van der Waals surface area contributed by atoms with Crippen LogP contribution in [-0.2, 0) is 14.4 Å². The molecule has 1 aliphatic carbocycles. The maximum atomic E-state index is 11.4. The van der Waals surface area contributed by atoms with Gasteiger partial charge in [-0.05, 0) is 13.3 Å². The molecule has 84 valence electrons. The number of rotatable bonds is 2. The van der Waals surface area contributed by atoms with Crippen molar-refractivity contribution in [2.24, 2.45) is 17.3 Å². The van der Waals surface area contributed by atoms with Crippen molar-refractivity contribution in [3.05, 3.63) is 0 Å². The molecule has 0 bridgehead atoms. The molecule has 15 heavy (non-hydrogen) atoms. The van der Waals surface area contributed by atoms with Crippen LogP contribution >= 0.6 is 0 Å². The average Bonchev–Trinajstić information content (AvgIpc) is 2.11. The predicted octanol–water partition coefficient (Wildman–Crippen LogP) is 0.777. The molecule has 1 saturated carbocycles. The van der Waals surface area contributed by atoms with Crippen LogP contribution in [-0.4, -0.2) is 27.9 Å². The van der Waals surface area contributed by atoms with Gasteiger partial charge < -0.3 is 10.2 Å². The lowest BCUT2D eigenvalue weighted by molar-refractivity contribution is -0.169. The Labute approximate surface area is 87.1 Å². The molecule has 0 unspecified atom stereocenters. The average molecular weight is 214 g/mol. The van der Waals surface area contributed by atoms with E-state index >= 15 is 0 Å². The summed E-state index contributed by atoms with van der Waals surface area (Å²) in [5.41, 5.74) is -1.33. The number of Topliss-reactive ketones (excluding diaryl/α,β-unsaturated/α-hetero) is 1. The highest BCUT2D eigenvalue weighted by atomic mass is 16.4. The van der Waals surface area contributed by atoms with E-state index in [1.54, 1.807) is 0 Å². The third-order valence-corrected chi connectivity index (χ3v) is 3.34. The minimum atomic E-state index is -1.33. The molecule has 3 atom stereocenters. The number of carboxylic acid groups (broad SMARTS) is 2. The van der Waals surface area contributed by atoms with Gasteiger partial charge in [0.15, 0.2) is 0 Å². The van der Waals surface area contributed by atoms with Crippen LogP contribution in [0.25, 0.3) is 0 Å². The first-order valence-corrected chi connectivity index (χ1v) is 4.79. The number of hydrogen-bond acceptors (Lipinski definition) is 3. The summed E-state index contributed by atoms with van der Waals surface area (Å²) in [7, 11) is 0. The van der Waals surface area contributed by atoms with Crippen molar-refractivity contribution < 1.29 is 24.6 Å². The SMILES string of the molecule is C[C@@H]1C(=O)CC[C@@](C)(C(=O)O)[C@@H]1C(=O)O. The first-order valence-electron chi connectivity index (χ1n) is 4.79. The van der Waals surface area contributed by atoms with E-state index in [1.807, 2.05) is 0 Å². The molecule has 0 radical (unpaired) electrons. The van der Waals surface area contributed by atoms with Crippen molar-refractivity contribution in [1.82, 2.24) is 0 Å². The molecule has 0 spiro atoms. The number of carboxylic acids is 2. The standard InChI is InChI=1S/C10H14O5/c1-5-6(11)3-4-10(2,9(14)15)7(5)8(12)13/h5,7H,3-4H2,1-2H3,(H,12,13)(H,14,15)/t5-,7+,10-/m1/s1. The second-order valence-corrected chi connectivity index (χ2v) is 4.29. The van der Waals surface area contributed by atoms with E-state index in [0.717, 1.165) is 0 Å². The van der Waals surface area contributed by atoms with Gasteiger partial charge in [0.1, 0.15) is 5.78 Å². The third kappa shape index (κ3) is 1.73. The van der Waals surface area contributed by atoms with Gasteiger partial charge in [0.05, 0.1) is 11.3 Å². The zero-order valence-electron chi connectivity index (χ0n) is 8.69. The van der Waals surface area contributed by atoms with Gasteiger partial charge in [0, 0.05) is 12.3 Å². The summed E-state index contributed by atoms with van der Waals surface area (Å²) >= 11 is 0. The summed E-state index contributed by atoms with van der Waals surface area (Å²) in [6.07, 6.45) is 0.246. The summed E-state index contributed by atoms with van der Waals surface area (Å²) in [6.45, 7) is 2.89. The van der Waals surface area contributed by atoms with Crippen molar-refractivity contribution in [2.45, 2.75) is 26.7 Å². The lowest BCUT2D eigenvalue weighted by atomic mass is 9.62. The van der Waals surface area contributed by atoms with Crippen molar-refractivity contribution in [3.8, 4) is 0 Å². The Bertz CT molecular complexity index is 322. The molecule has 1 rings (SSSR count). The van der Waals surface area contributed by atoms with Crippen LogP contribution in [0, 0.1) is 17.3 Å². The van der Waals surface area contributed by atoms with Gasteiger partial charge in [0.25, 0.3) is 0 Å². The van der Waals surface area contributed by atoms with Crippen molar-refractivity contribution in [1.29, 1.82) is 0 Å². The molecule has 0 heterocycles. The normalized spacial score (nSPS) is 36.3. The van der Waals surface area contributed by atoms with Crippen LogP contribution in [0.4, 0.5) is 0 Å². The number of ketones is 1. The summed E-state index contributed by atoms with van der Waals surface area (Å²) in [5.74, 6) is -4.37. The molecule has 0 aromatic rings. The predicted molar refractivity (Wildman–Crippen MR) is 50.3 cm³/mol. The van der Waals surface area contributed by atoms with E-state index in [0.29, 0.717) is 0 Å². The molecule has 0 aliphatic heterocycles. The zero-order chi connectivity index (χ0) is 11.8.